The quantitative estimate of drug-likeness (QED) is 0.671. The van der Waals surface area contributed by atoms with Crippen LogP contribution in [0.15, 0.2) is 24.3 Å². The Morgan fingerprint density at radius 2 is 1.76 bits per heavy atom. The summed E-state index contributed by atoms with van der Waals surface area (Å²) >= 11 is 0. The molecule has 29 heavy (non-hydrogen) atoms. The smallest absolute Gasteiger partial charge is 0.338 e. The zero-order chi connectivity index (χ0) is 20.7. The van der Waals surface area contributed by atoms with Crippen LogP contribution in [-0.2, 0) is 19.8 Å². The van der Waals surface area contributed by atoms with E-state index >= 15 is 0 Å². The van der Waals surface area contributed by atoms with E-state index in [-0.39, 0.29) is 18.5 Å². The molecular weight excluding hydrogens is 374 g/mol. The summed E-state index contributed by atoms with van der Waals surface area (Å²) < 4.78 is 11.8. The number of rotatable bonds is 8. The molecule has 3 rings (SSSR count). The molecule has 1 heterocycles. The third kappa shape index (κ3) is 4.79. The zero-order valence-corrected chi connectivity index (χ0v) is 16.9. The Hall–Kier alpha value is -2.81. The van der Waals surface area contributed by atoms with Crippen molar-refractivity contribution in [3.05, 3.63) is 35.7 Å². The van der Waals surface area contributed by atoms with Gasteiger partial charge in [-0.2, -0.15) is 4.68 Å². The molecule has 0 radical (unpaired) electrons. The normalized spacial score (nSPS) is 15.7. The van der Waals surface area contributed by atoms with Gasteiger partial charge in [-0.25, -0.2) is 4.79 Å². The van der Waals surface area contributed by atoms with Gasteiger partial charge in [0.1, 0.15) is 0 Å². The molecule has 1 N–H and O–H groups in total. The molecule has 9 heteroatoms. The lowest BCUT2D eigenvalue weighted by Crippen LogP contribution is -2.48. The molecular formula is C20H27N5O4. The van der Waals surface area contributed by atoms with Crippen LogP contribution in [-0.4, -0.2) is 51.9 Å². The van der Waals surface area contributed by atoms with Crippen LogP contribution in [0, 0.1) is 0 Å². The largest absolute Gasteiger partial charge is 0.465 e. The highest BCUT2D eigenvalue weighted by molar-refractivity contribution is 5.89. The minimum Gasteiger partial charge on any atom is -0.465 e. The minimum atomic E-state index is -0.506. The Kier molecular flexibility index (Phi) is 6.92. The van der Waals surface area contributed by atoms with Gasteiger partial charge in [-0.15, -0.1) is 5.10 Å². The van der Waals surface area contributed by atoms with Gasteiger partial charge in [-0.3, -0.25) is 10.1 Å². The van der Waals surface area contributed by atoms with Crippen LogP contribution in [0.5, 0.6) is 0 Å². The van der Waals surface area contributed by atoms with Crippen molar-refractivity contribution in [1.82, 2.24) is 25.5 Å². The molecule has 0 unspecified atom stereocenters. The predicted octanol–water partition coefficient (Wildman–Crippen LogP) is 2.15. The summed E-state index contributed by atoms with van der Waals surface area (Å²) in [4.78, 5) is 23.8. The molecule has 0 spiro atoms. The summed E-state index contributed by atoms with van der Waals surface area (Å²) in [6.07, 6.45) is 4.83. The maximum Gasteiger partial charge on any atom is 0.338 e. The molecule has 1 aliphatic carbocycles. The first-order chi connectivity index (χ1) is 14.1. The van der Waals surface area contributed by atoms with Crippen molar-refractivity contribution < 1.29 is 19.1 Å². The minimum absolute atomic E-state index is 0.0997. The molecule has 1 aromatic carbocycles. The molecule has 156 valence electrons. The second-order valence-electron chi connectivity index (χ2n) is 6.98. The fraction of sp³-hybridized carbons (Fsp3) is 0.550. The number of tetrazole rings is 1. The number of ether oxygens (including phenoxy) is 2. The van der Waals surface area contributed by atoms with E-state index in [9.17, 15) is 9.59 Å². The summed E-state index contributed by atoms with van der Waals surface area (Å²) in [5.41, 5.74) is 0.702. The maximum absolute atomic E-state index is 11.9. The highest BCUT2D eigenvalue weighted by Crippen LogP contribution is 2.36. The van der Waals surface area contributed by atoms with Crippen molar-refractivity contribution in [1.29, 1.82) is 0 Å². The molecule has 1 aromatic heterocycles. The highest BCUT2D eigenvalue weighted by Gasteiger charge is 2.39. The van der Waals surface area contributed by atoms with Gasteiger partial charge in [0.25, 0.3) is 0 Å². The molecule has 0 bridgehead atoms. The van der Waals surface area contributed by atoms with Gasteiger partial charge in [-0.1, -0.05) is 19.3 Å². The molecule has 1 aliphatic rings. The van der Waals surface area contributed by atoms with Crippen molar-refractivity contribution in [3.63, 3.8) is 0 Å². The maximum atomic E-state index is 11.9. The SMILES string of the molecule is CCOC(=O)CNC1(c2nnnn2-c2ccc(C(=O)OCC)cc2)CCCCC1. The van der Waals surface area contributed by atoms with Crippen LogP contribution in [0.25, 0.3) is 5.69 Å². The number of nitrogens with one attached hydrogen (secondary N) is 1. The number of carbonyl (C=O) groups excluding carboxylic acids is 2. The molecule has 0 atom stereocenters. The number of benzene rings is 1. The van der Waals surface area contributed by atoms with Gasteiger partial charge in [-0.05, 0) is 61.4 Å². The Bertz CT molecular complexity index is 828. The van der Waals surface area contributed by atoms with Gasteiger partial charge in [0.05, 0.1) is 36.5 Å². The van der Waals surface area contributed by atoms with E-state index in [0.717, 1.165) is 37.8 Å². The molecule has 0 aliphatic heterocycles. The average molecular weight is 401 g/mol. The molecule has 0 saturated heterocycles. The monoisotopic (exact) mass is 401 g/mol. The summed E-state index contributed by atoms with van der Waals surface area (Å²) in [5.74, 6) is -0.00325. The Morgan fingerprint density at radius 3 is 2.41 bits per heavy atom. The van der Waals surface area contributed by atoms with Crippen LogP contribution >= 0.6 is 0 Å². The number of hydrogen-bond donors (Lipinski definition) is 1. The average Bonchev–Trinajstić information content (AvgIpc) is 3.24. The molecule has 1 saturated carbocycles. The predicted molar refractivity (Wildman–Crippen MR) is 105 cm³/mol. The number of nitrogens with zero attached hydrogens (tertiary/aromatic N) is 4. The summed E-state index contributed by atoms with van der Waals surface area (Å²) in [6.45, 7) is 4.33. The van der Waals surface area contributed by atoms with E-state index in [4.69, 9.17) is 9.47 Å². The second-order valence-corrected chi connectivity index (χ2v) is 6.98. The van der Waals surface area contributed by atoms with Gasteiger partial charge in [0.15, 0.2) is 5.82 Å². The van der Waals surface area contributed by atoms with E-state index < -0.39 is 5.54 Å². The van der Waals surface area contributed by atoms with E-state index in [2.05, 4.69) is 20.8 Å². The molecule has 1 fully saturated rings. The van der Waals surface area contributed by atoms with E-state index in [1.165, 1.54) is 0 Å². The van der Waals surface area contributed by atoms with E-state index in [0.29, 0.717) is 24.6 Å². The summed E-state index contributed by atoms with van der Waals surface area (Å²) in [7, 11) is 0. The van der Waals surface area contributed by atoms with Crippen molar-refractivity contribution in [3.8, 4) is 5.69 Å². The van der Waals surface area contributed by atoms with Crippen LogP contribution < -0.4 is 5.32 Å². The first kappa shape index (κ1) is 20.9. The number of aromatic nitrogens is 4. The van der Waals surface area contributed by atoms with E-state index in [1.807, 2.05) is 0 Å². The lowest BCUT2D eigenvalue weighted by atomic mass is 9.80. The lowest BCUT2D eigenvalue weighted by Gasteiger charge is -2.36. The van der Waals surface area contributed by atoms with Crippen molar-refractivity contribution in [2.24, 2.45) is 0 Å². The highest BCUT2D eigenvalue weighted by atomic mass is 16.5. The van der Waals surface area contributed by atoms with Gasteiger partial charge < -0.3 is 9.47 Å². The first-order valence-electron chi connectivity index (χ1n) is 10.1. The molecule has 2 aromatic rings. The second kappa shape index (κ2) is 9.60. The zero-order valence-electron chi connectivity index (χ0n) is 16.9. The third-order valence-electron chi connectivity index (χ3n) is 5.10. The van der Waals surface area contributed by atoms with Crippen LogP contribution in [0.3, 0.4) is 0 Å². The Balaban J connectivity index is 1.87. The molecule has 9 nitrogen and oxygen atoms in total. The molecule has 0 amide bonds. The van der Waals surface area contributed by atoms with Crippen molar-refractivity contribution in [2.75, 3.05) is 19.8 Å². The van der Waals surface area contributed by atoms with Gasteiger partial charge >= 0.3 is 11.9 Å². The standard InChI is InChI=1S/C20H27N5O4/c1-3-28-17(26)14-21-20(12-6-5-7-13-20)19-22-23-24-25(19)16-10-8-15(9-11-16)18(27)29-4-2/h8-11,21H,3-7,12-14H2,1-2H3. The van der Waals surface area contributed by atoms with Crippen LogP contribution in [0.2, 0.25) is 0 Å². The van der Waals surface area contributed by atoms with Crippen molar-refractivity contribution in [2.45, 2.75) is 51.5 Å². The third-order valence-corrected chi connectivity index (χ3v) is 5.10. The van der Waals surface area contributed by atoms with Gasteiger partial charge in [0.2, 0.25) is 0 Å². The fourth-order valence-corrected chi connectivity index (χ4v) is 3.70. The Morgan fingerprint density at radius 1 is 1.07 bits per heavy atom. The van der Waals surface area contributed by atoms with Crippen LogP contribution in [0.4, 0.5) is 0 Å². The number of carbonyl (C=O) groups is 2. The van der Waals surface area contributed by atoms with Gasteiger partial charge in [0, 0.05) is 0 Å². The Labute approximate surface area is 169 Å². The lowest BCUT2D eigenvalue weighted by molar-refractivity contribution is -0.142. The first-order valence-corrected chi connectivity index (χ1v) is 10.1. The topological polar surface area (TPSA) is 108 Å². The fourth-order valence-electron chi connectivity index (χ4n) is 3.70. The van der Waals surface area contributed by atoms with Crippen molar-refractivity contribution >= 4 is 11.9 Å². The number of hydrogen-bond acceptors (Lipinski definition) is 8. The summed E-state index contributed by atoms with van der Waals surface area (Å²) in [5, 5.41) is 15.7. The summed E-state index contributed by atoms with van der Waals surface area (Å²) in [6, 6.07) is 6.96. The number of esters is 2. The van der Waals surface area contributed by atoms with Crippen LogP contribution in [0.1, 0.15) is 62.1 Å². The van der Waals surface area contributed by atoms with E-state index in [1.54, 1.807) is 42.8 Å².